The van der Waals surface area contributed by atoms with Gasteiger partial charge in [0.25, 0.3) is 0 Å². The van der Waals surface area contributed by atoms with Crippen LogP contribution >= 0.6 is 12.2 Å². The molecule has 6 heteroatoms. The van der Waals surface area contributed by atoms with Gasteiger partial charge < -0.3 is 15.0 Å². The highest BCUT2D eigenvalue weighted by atomic mass is 32.1. The van der Waals surface area contributed by atoms with Gasteiger partial charge >= 0.3 is 0 Å². The SMILES string of the molecule is COc1ccc2c(n1)N(Cc1ccccn1)C(C)(C)C(=S)N2. The molecule has 3 heterocycles. The van der Waals surface area contributed by atoms with Crippen molar-refractivity contribution < 1.29 is 4.74 Å². The van der Waals surface area contributed by atoms with Gasteiger partial charge in [-0.05, 0) is 32.0 Å². The van der Waals surface area contributed by atoms with Crippen LogP contribution in [0.1, 0.15) is 19.5 Å². The van der Waals surface area contributed by atoms with E-state index in [1.54, 1.807) is 13.3 Å². The van der Waals surface area contributed by atoms with Gasteiger partial charge in [0.15, 0.2) is 5.82 Å². The van der Waals surface area contributed by atoms with Gasteiger partial charge in [0.05, 0.1) is 30.6 Å². The Balaban J connectivity index is 2.07. The quantitative estimate of drug-likeness (QED) is 0.879. The summed E-state index contributed by atoms with van der Waals surface area (Å²) in [4.78, 5) is 11.9. The van der Waals surface area contributed by atoms with Gasteiger partial charge in [0, 0.05) is 12.3 Å². The first-order valence-corrected chi connectivity index (χ1v) is 7.47. The number of anilines is 2. The predicted molar refractivity (Wildman–Crippen MR) is 91.5 cm³/mol. The van der Waals surface area contributed by atoms with Crippen LogP contribution in [0.4, 0.5) is 11.5 Å². The summed E-state index contributed by atoms with van der Waals surface area (Å²) in [5, 5.41) is 3.27. The van der Waals surface area contributed by atoms with Gasteiger partial charge in [-0.2, -0.15) is 4.98 Å². The van der Waals surface area contributed by atoms with Crippen LogP contribution in [-0.4, -0.2) is 27.6 Å². The Labute approximate surface area is 135 Å². The summed E-state index contributed by atoms with van der Waals surface area (Å²) in [7, 11) is 1.61. The summed E-state index contributed by atoms with van der Waals surface area (Å²) in [6.45, 7) is 4.79. The number of hydrogen-bond acceptors (Lipinski definition) is 5. The average Bonchev–Trinajstić information content (AvgIpc) is 2.53. The third-order valence-corrected chi connectivity index (χ3v) is 4.44. The minimum Gasteiger partial charge on any atom is -0.481 e. The van der Waals surface area contributed by atoms with Crippen LogP contribution in [0, 0.1) is 0 Å². The maximum atomic E-state index is 5.54. The van der Waals surface area contributed by atoms with E-state index in [0.29, 0.717) is 12.4 Å². The Morgan fingerprint density at radius 3 is 2.77 bits per heavy atom. The summed E-state index contributed by atoms with van der Waals surface area (Å²) in [5.74, 6) is 1.40. The minimum absolute atomic E-state index is 0.362. The smallest absolute Gasteiger partial charge is 0.215 e. The third kappa shape index (κ3) is 2.50. The minimum atomic E-state index is -0.362. The molecule has 0 radical (unpaired) electrons. The van der Waals surface area contributed by atoms with Gasteiger partial charge in [-0.15, -0.1) is 0 Å². The molecule has 1 aliphatic rings. The summed E-state index contributed by atoms with van der Waals surface area (Å²) < 4.78 is 5.26. The Kier molecular flexibility index (Phi) is 3.70. The fraction of sp³-hybridized carbons (Fsp3) is 0.312. The fourth-order valence-electron chi connectivity index (χ4n) is 2.44. The number of rotatable bonds is 3. The van der Waals surface area contributed by atoms with Gasteiger partial charge in [0.2, 0.25) is 5.88 Å². The molecular formula is C16H18N4OS. The summed E-state index contributed by atoms with van der Waals surface area (Å²) in [6, 6.07) is 9.66. The topological polar surface area (TPSA) is 50.3 Å². The highest BCUT2D eigenvalue weighted by Crippen LogP contribution is 2.37. The Bertz CT molecular complexity index is 703. The Morgan fingerprint density at radius 1 is 1.27 bits per heavy atom. The molecule has 2 aromatic heterocycles. The second kappa shape index (κ2) is 5.53. The van der Waals surface area contributed by atoms with E-state index in [4.69, 9.17) is 17.0 Å². The largest absolute Gasteiger partial charge is 0.481 e. The molecule has 0 unspecified atom stereocenters. The molecule has 0 amide bonds. The molecule has 22 heavy (non-hydrogen) atoms. The van der Waals surface area contributed by atoms with Crippen molar-refractivity contribution in [3.05, 3.63) is 42.2 Å². The predicted octanol–water partition coefficient (Wildman–Crippen LogP) is 3.02. The molecule has 0 fully saturated rings. The van der Waals surface area contributed by atoms with E-state index in [9.17, 15) is 0 Å². The molecule has 0 aliphatic carbocycles. The number of pyridine rings is 2. The van der Waals surface area contributed by atoms with E-state index in [1.807, 2.05) is 30.3 Å². The zero-order valence-corrected chi connectivity index (χ0v) is 13.6. The number of ether oxygens (including phenoxy) is 1. The molecule has 2 aromatic rings. The molecule has 0 saturated heterocycles. The van der Waals surface area contributed by atoms with E-state index in [-0.39, 0.29) is 5.54 Å². The van der Waals surface area contributed by atoms with Gasteiger partial charge in [-0.25, -0.2) is 0 Å². The lowest BCUT2D eigenvalue weighted by Gasteiger charge is -2.44. The van der Waals surface area contributed by atoms with Crippen LogP contribution in [0.3, 0.4) is 0 Å². The third-order valence-electron chi connectivity index (χ3n) is 3.84. The van der Waals surface area contributed by atoms with Gasteiger partial charge in [0.1, 0.15) is 4.99 Å². The van der Waals surface area contributed by atoms with Crippen LogP contribution in [0.5, 0.6) is 5.88 Å². The van der Waals surface area contributed by atoms with Crippen molar-refractivity contribution in [1.29, 1.82) is 0 Å². The van der Waals surface area contributed by atoms with E-state index in [2.05, 4.69) is 34.0 Å². The molecule has 0 aromatic carbocycles. The number of thiocarbonyl (C=S) groups is 1. The average molecular weight is 314 g/mol. The Morgan fingerprint density at radius 2 is 2.09 bits per heavy atom. The first-order chi connectivity index (χ1) is 10.5. The standard InChI is InChI=1S/C16H18N4OS/c1-16(2)15(22)18-12-7-8-13(21-3)19-14(12)20(16)10-11-6-4-5-9-17-11/h4-9H,10H2,1-3H3,(H,18,22). The number of hydrogen-bond donors (Lipinski definition) is 1. The molecule has 0 bridgehead atoms. The van der Waals surface area contributed by atoms with Crippen molar-refractivity contribution >= 4 is 28.7 Å². The van der Waals surface area contributed by atoms with Gasteiger partial charge in [-0.1, -0.05) is 18.3 Å². The van der Waals surface area contributed by atoms with Crippen molar-refractivity contribution in [2.24, 2.45) is 0 Å². The Hall–Kier alpha value is -2.21. The molecule has 1 N–H and O–H groups in total. The molecule has 0 spiro atoms. The van der Waals surface area contributed by atoms with Crippen LogP contribution < -0.4 is 15.0 Å². The molecule has 0 saturated carbocycles. The zero-order chi connectivity index (χ0) is 15.7. The van der Waals surface area contributed by atoms with Crippen LogP contribution in [0.2, 0.25) is 0 Å². The van der Waals surface area contributed by atoms with Crippen molar-refractivity contribution in [3.63, 3.8) is 0 Å². The molecular weight excluding hydrogens is 296 g/mol. The number of aromatic nitrogens is 2. The van der Waals surface area contributed by atoms with Gasteiger partial charge in [-0.3, -0.25) is 4.98 Å². The van der Waals surface area contributed by atoms with Crippen LogP contribution in [0.25, 0.3) is 0 Å². The van der Waals surface area contributed by atoms with E-state index >= 15 is 0 Å². The number of nitrogens with one attached hydrogen (secondary N) is 1. The summed E-state index contributed by atoms with van der Waals surface area (Å²) in [6.07, 6.45) is 1.79. The van der Waals surface area contributed by atoms with E-state index in [1.165, 1.54) is 0 Å². The van der Waals surface area contributed by atoms with Crippen molar-refractivity contribution in [2.45, 2.75) is 25.9 Å². The van der Waals surface area contributed by atoms with Crippen molar-refractivity contribution in [3.8, 4) is 5.88 Å². The molecule has 0 atom stereocenters. The first kappa shape index (κ1) is 14.7. The maximum Gasteiger partial charge on any atom is 0.215 e. The number of methoxy groups -OCH3 is 1. The number of nitrogens with zero attached hydrogens (tertiary/aromatic N) is 3. The number of fused-ring (bicyclic) bond motifs is 1. The first-order valence-electron chi connectivity index (χ1n) is 7.06. The zero-order valence-electron chi connectivity index (χ0n) is 12.8. The maximum absolute atomic E-state index is 5.54. The van der Waals surface area contributed by atoms with Crippen LogP contribution in [-0.2, 0) is 6.54 Å². The lowest BCUT2D eigenvalue weighted by Crippen LogP contribution is -2.55. The van der Waals surface area contributed by atoms with Crippen molar-refractivity contribution in [1.82, 2.24) is 9.97 Å². The molecule has 1 aliphatic heterocycles. The highest BCUT2D eigenvalue weighted by Gasteiger charge is 2.38. The van der Waals surface area contributed by atoms with Crippen molar-refractivity contribution in [2.75, 3.05) is 17.3 Å². The lowest BCUT2D eigenvalue weighted by atomic mass is 9.98. The normalized spacial score (nSPS) is 16.0. The van der Waals surface area contributed by atoms with E-state index < -0.39 is 0 Å². The lowest BCUT2D eigenvalue weighted by molar-refractivity contribution is 0.397. The highest BCUT2D eigenvalue weighted by molar-refractivity contribution is 7.80. The van der Waals surface area contributed by atoms with Crippen LogP contribution in [0.15, 0.2) is 36.5 Å². The molecule has 5 nitrogen and oxygen atoms in total. The van der Waals surface area contributed by atoms with E-state index in [0.717, 1.165) is 22.2 Å². The monoisotopic (exact) mass is 314 g/mol. The molecule has 114 valence electrons. The summed E-state index contributed by atoms with van der Waals surface area (Å²) in [5.41, 5.74) is 1.50. The molecule has 3 rings (SSSR count). The second-order valence-electron chi connectivity index (χ2n) is 5.65. The second-order valence-corrected chi connectivity index (χ2v) is 6.05. The fourth-order valence-corrected chi connectivity index (χ4v) is 2.66. The summed E-state index contributed by atoms with van der Waals surface area (Å²) >= 11 is 5.54.